The zero-order chi connectivity index (χ0) is 22.1. The first-order chi connectivity index (χ1) is 15.1. The molecule has 3 aromatic rings. The second-order valence-corrected chi connectivity index (χ2v) is 6.45. The van der Waals surface area contributed by atoms with Gasteiger partial charge in [0.15, 0.2) is 23.0 Å². The van der Waals surface area contributed by atoms with E-state index in [0.29, 0.717) is 35.2 Å². The van der Waals surface area contributed by atoms with Crippen molar-refractivity contribution < 1.29 is 23.7 Å². The van der Waals surface area contributed by atoms with E-state index in [1.165, 1.54) is 20.4 Å². The summed E-state index contributed by atoms with van der Waals surface area (Å²) in [5.41, 5.74) is 4.71. The molecule has 0 aliphatic heterocycles. The van der Waals surface area contributed by atoms with Crippen molar-refractivity contribution in [3.63, 3.8) is 0 Å². The lowest BCUT2D eigenvalue weighted by Crippen LogP contribution is -2.17. The summed E-state index contributed by atoms with van der Waals surface area (Å²) in [5, 5.41) is 4.02. The summed E-state index contributed by atoms with van der Waals surface area (Å²) in [5.74, 6) is 1.84. The first kappa shape index (κ1) is 21.7. The van der Waals surface area contributed by atoms with Crippen LogP contribution in [0.4, 0.5) is 0 Å². The topological polar surface area (TPSA) is 78.4 Å². The highest BCUT2D eigenvalue weighted by molar-refractivity contribution is 5.95. The lowest BCUT2D eigenvalue weighted by molar-refractivity contribution is 0.0954. The zero-order valence-corrected chi connectivity index (χ0v) is 17.6. The van der Waals surface area contributed by atoms with Crippen molar-refractivity contribution in [3.8, 4) is 23.0 Å². The third-order valence-corrected chi connectivity index (χ3v) is 4.45. The molecule has 0 atom stereocenters. The summed E-state index contributed by atoms with van der Waals surface area (Å²) in [6.07, 6.45) is 1.53. The number of hydrogen-bond acceptors (Lipinski definition) is 6. The molecule has 1 amide bonds. The molecule has 7 heteroatoms. The van der Waals surface area contributed by atoms with Gasteiger partial charge in [-0.1, -0.05) is 30.3 Å². The van der Waals surface area contributed by atoms with Gasteiger partial charge >= 0.3 is 0 Å². The normalized spacial score (nSPS) is 10.5. The van der Waals surface area contributed by atoms with E-state index in [1.54, 1.807) is 37.4 Å². The minimum Gasteiger partial charge on any atom is -0.493 e. The number of benzene rings is 3. The highest BCUT2D eigenvalue weighted by atomic mass is 16.5. The molecule has 0 heterocycles. The highest BCUT2D eigenvalue weighted by Gasteiger charge is 2.10. The van der Waals surface area contributed by atoms with Gasteiger partial charge in [-0.2, -0.15) is 5.10 Å². The molecule has 160 valence electrons. The minimum atomic E-state index is -0.369. The van der Waals surface area contributed by atoms with Gasteiger partial charge < -0.3 is 18.9 Å². The van der Waals surface area contributed by atoms with E-state index in [-0.39, 0.29) is 5.91 Å². The van der Waals surface area contributed by atoms with E-state index >= 15 is 0 Å². The van der Waals surface area contributed by atoms with Gasteiger partial charge in [0.25, 0.3) is 5.91 Å². The van der Waals surface area contributed by atoms with Crippen LogP contribution in [0.1, 0.15) is 21.5 Å². The number of rotatable bonds is 9. The Hall–Kier alpha value is -4.00. The maximum Gasteiger partial charge on any atom is 0.271 e. The van der Waals surface area contributed by atoms with Gasteiger partial charge in [0.2, 0.25) is 0 Å². The van der Waals surface area contributed by atoms with Crippen molar-refractivity contribution in [1.29, 1.82) is 0 Å². The number of methoxy groups -OCH3 is 3. The molecule has 0 saturated heterocycles. The minimum absolute atomic E-state index is 0.369. The maximum atomic E-state index is 12.3. The molecule has 31 heavy (non-hydrogen) atoms. The average molecular weight is 420 g/mol. The fourth-order valence-electron chi connectivity index (χ4n) is 2.83. The largest absolute Gasteiger partial charge is 0.493 e. The Bertz CT molecular complexity index is 1050. The average Bonchev–Trinajstić information content (AvgIpc) is 2.83. The molecular formula is C24H24N2O5. The summed E-state index contributed by atoms with van der Waals surface area (Å²) in [6, 6.07) is 20.2. The Morgan fingerprint density at radius 2 is 1.52 bits per heavy atom. The van der Waals surface area contributed by atoms with Gasteiger partial charge in [0.05, 0.1) is 27.5 Å². The second kappa shape index (κ2) is 10.7. The number of nitrogens with zero attached hydrogens (tertiary/aromatic N) is 1. The Morgan fingerprint density at radius 3 is 2.23 bits per heavy atom. The second-order valence-electron chi connectivity index (χ2n) is 6.45. The predicted molar refractivity (Wildman–Crippen MR) is 118 cm³/mol. The van der Waals surface area contributed by atoms with Crippen LogP contribution in [0.25, 0.3) is 0 Å². The molecule has 3 aromatic carbocycles. The monoisotopic (exact) mass is 420 g/mol. The number of hydrogen-bond donors (Lipinski definition) is 1. The molecule has 0 spiro atoms. The van der Waals surface area contributed by atoms with Gasteiger partial charge in [-0.15, -0.1) is 0 Å². The Morgan fingerprint density at radius 1 is 0.839 bits per heavy atom. The summed E-state index contributed by atoms with van der Waals surface area (Å²) in [4.78, 5) is 12.3. The smallest absolute Gasteiger partial charge is 0.271 e. The fourth-order valence-corrected chi connectivity index (χ4v) is 2.83. The molecular weight excluding hydrogens is 396 g/mol. The molecule has 0 radical (unpaired) electrons. The van der Waals surface area contributed by atoms with Crippen molar-refractivity contribution >= 4 is 12.1 Å². The van der Waals surface area contributed by atoms with E-state index < -0.39 is 0 Å². The van der Waals surface area contributed by atoms with Crippen LogP contribution in [0.3, 0.4) is 0 Å². The molecule has 3 rings (SSSR count). The van der Waals surface area contributed by atoms with Gasteiger partial charge in [0, 0.05) is 5.56 Å². The van der Waals surface area contributed by atoms with Crippen LogP contribution >= 0.6 is 0 Å². The molecule has 0 aromatic heterocycles. The number of hydrazone groups is 1. The van der Waals surface area contributed by atoms with Gasteiger partial charge in [-0.3, -0.25) is 4.79 Å². The maximum absolute atomic E-state index is 12.3. The van der Waals surface area contributed by atoms with Crippen molar-refractivity contribution in [2.24, 2.45) is 5.10 Å². The molecule has 0 unspecified atom stereocenters. The van der Waals surface area contributed by atoms with Crippen LogP contribution < -0.4 is 24.4 Å². The van der Waals surface area contributed by atoms with Gasteiger partial charge in [-0.25, -0.2) is 5.43 Å². The van der Waals surface area contributed by atoms with E-state index in [2.05, 4.69) is 10.5 Å². The van der Waals surface area contributed by atoms with Crippen molar-refractivity contribution in [1.82, 2.24) is 5.43 Å². The van der Waals surface area contributed by atoms with Gasteiger partial charge in [-0.05, 0) is 47.5 Å². The SMILES string of the molecule is COc1ccc(C(=O)N/N=C/c2ccc(OCc3ccccc3)c(OC)c2)cc1OC. The lowest BCUT2D eigenvalue weighted by atomic mass is 10.2. The molecule has 0 bridgehead atoms. The standard InChI is InChI=1S/C24H24N2O5/c1-28-20-12-10-19(14-23(20)30-3)24(27)26-25-15-18-9-11-21(22(13-18)29-2)31-16-17-7-5-4-6-8-17/h4-15H,16H2,1-3H3,(H,26,27)/b25-15+. The van der Waals surface area contributed by atoms with Crippen LogP contribution in [0, 0.1) is 0 Å². The number of ether oxygens (including phenoxy) is 4. The predicted octanol–water partition coefficient (Wildman–Crippen LogP) is 4.06. The molecule has 0 fully saturated rings. The molecule has 0 aliphatic carbocycles. The Kier molecular flexibility index (Phi) is 7.48. The number of carbonyl (C=O) groups is 1. The summed E-state index contributed by atoms with van der Waals surface area (Å²) in [6.45, 7) is 0.437. The Labute approximate surface area is 181 Å². The molecule has 0 aliphatic rings. The molecule has 0 saturated carbocycles. The van der Waals surface area contributed by atoms with E-state index in [1.807, 2.05) is 36.4 Å². The highest BCUT2D eigenvalue weighted by Crippen LogP contribution is 2.29. The van der Waals surface area contributed by atoms with Crippen LogP contribution in [0.2, 0.25) is 0 Å². The van der Waals surface area contributed by atoms with Crippen molar-refractivity contribution in [3.05, 3.63) is 83.4 Å². The van der Waals surface area contributed by atoms with Gasteiger partial charge in [0.1, 0.15) is 6.61 Å². The van der Waals surface area contributed by atoms with E-state index in [4.69, 9.17) is 18.9 Å². The van der Waals surface area contributed by atoms with Crippen molar-refractivity contribution in [2.45, 2.75) is 6.61 Å². The third kappa shape index (κ3) is 5.76. The fraction of sp³-hybridized carbons (Fsp3) is 0.167. The first-order valence-electron chi connectivity index (χ1n) is 9.54. The number of carbonyl (C=O) groups excluding carboxylic acids is 1. The van der Waals surface area contributed by atoms with Crippen LogP contribution in [0.5, 0.6) is 23.0 Å². The summed E-state index contributed by atoms with van der Waals surface area (Å²) < 4.78 is 21.7. The third-order valence-electron chi connectivity index (χ3n) is 4.45. The van der Waals surface area contributed by atoms with Crippen molar-refractivity contribution in [2.75, 3.05) is 21.3 Å². The summed E-state index contributed by atoms with van der Waals surface area (Å²) in [7, 11) is 4.62. The number of nitrogens with one attached hydrogen (secondary N) is 1. The number of amides is 1. The lowest BCUT2D eigenvalue weighted by Gasteiger charge is -2.11. The van der Waals surface area contributed by atoms with E-state index in [0.717, 1.165) is 11.1 Å². The Balaban J connectivity index is 1.63. The van der Waals surface area contributed by atoms with E-state index in [9.17, 15) is 4.79 Å². The van der Waals surface area contributed by atoms with Crippen LogP contribution in [-0.4, -0.2) is 33.5 Å². The molecule has 1 N–H and O–H groups in total. The van der Waals surface area contributed by atoms with Crippen LogP contribution in [-0.2, 0) is 6.61 Å². The van der Waals surface area contributed by atoms with Crippen LogP contribution in [0.15, 0.2) is 71.8 Å². The summed E-state index contributed by atoms with van der Waals surface area (Å²) >= 11 is 0. The molecule has 7 nitrogen and oxygen atoms in total. The first-order valence-corrected chi connectivity index (χ1v) is 9.54. The zero-order valence-electron chi connectivity index (χ0n) is 17.6. The quantitative estimate of drug-likeness (QED) is 0.417.